The maximum atomic E-state index is 10.9. The number of rotatable bonds is 1. The fourth-order valence-electron chi connectivity index (χ4n) is 2.11. The van der Waals surface area contributed by atoms with Gasteiger partial charge in [-0.2, -0.15) is 0 Å². The van der Waals surface area contributed by atoms with E-state index in [0.717, 1.165) is 10.4 Å². The lowest BCUT2D eigenvalue weighted by Gasteiger charge is -2.29. The number of carboxylic acids is 1. The second kappa shape index (κ2) is 3.57. The number of aromatic carboxylic acids is 1. The second-order valence-electron chi connectivity index (χ2n) is 3.88. The van der Waals surface area contributed by atoms with Crippen LogP contribution < -0.4 is 0 Å². The number of hydrogen-bond acceptors (Lipinski definition) is 3. The van der Waals surface area contributed by atoms with Crippen LogP contribution in [0.4, 0.5) is 0 Å². The molecule has 3 nitrogen and oxygen atoms in total. The van der Waals surface area contributed by atoms with E-state index in [-0.39, 0.29) is 12.0 Å². The third kappa shape index (κ3) is 1.42. The minimum absolute atomic E-state index is 0.0674. The Labute approximate surface area is 96.7 Å². The van der Waals surface area contributed by atoms with Gasteiger partial charge in [0.15, 0.2) is 0 Å². The quantitative estimate of drug-likeness (QED) is 0.812. The van der Waals surface area contributed by atoms with E-state index in [1.54, 1.807) is 6.07 Å². The lowest BCUT2D eigenvalue weighted by molar-refractivity contribution is 0.0498. The lowest BCUT2D eigenvalue weighted by Crippen LogP contribution is -2.24. The van der Waals surface area contributed by atoms with Crippen molar-refractivity contribution in [1.82, 2.24) is 0 Å². The Bertz CT molecular complexity index is 498. The van der Waals surface area contributed by atoms with Gasteiger partial charge in [0.1, 0.15) is 4.88 Å². The highest BCUT2D eigenvalue weighted by Gasteiger charge is 2.30. The molecule has 2 atom stereocenters. The molecular formula is C12H10O3S. The fraction of sp³-hybridized carbons (Fsp3) is 0.250. The molecule has 0 saturated heterocycles. The van der Waals surface area contributed by atoms with Gasteiger partial charge in [0.05, 0.1) is 12.7 Å². The van der Waals surface area contributed by atoms with E-state index in [9.17, 15) is 4.79 Å². The second-order valence-corrected chi connectivity index (χ2v) is 4.96. The van der Waals surface area contributed by atoms with Gasteiger partial charge < -0.3 is 9.84 Å². The maximum absolute atomic E-state index is 10.9. The van der Waals surface area contributed by atoms with Gasteiger partial charge in [0.2, 0.25) is 0 Å². The van der Waals surface area contributed by atoms with Crippen LogP contribution in [0.15, 0.2) is 30.4 Å². The third-order valence-electron chi connectivity index (χ3n) is 2.87. The van der Waals surface area contributed by atoms with Crippen LogP contribution in [0.1, 0.15) is 26.0 Å². The van der Waals surface area contributed by atoms with E-state index in [0.29, 0.717) is 11.5 Å². The summed E-state index contributed by atoms with van der Waals surface area (Å²) in [5.74, 6) is -0.668. The molecule has 0 bridgehead atoms. The fourth-order valence-corrected chi connectivity index (χ4v) is 3.23. The monoisotopic (exact) mass is 234 g/mol. The molecule has 16 heavy (non-hydrogen) atoms. The van der Waals surface area contributed by atoms with Gasteiger partial charge >= 0.3 is 5.97 Å². The Morgan fingerprint density at radius 1 is 1.44 bits per heavy atom. The van der Waals surface area contributed by atoms with Crippen LogP contribution in [-0.4, -0.2) is 17.2 Å². The highest BCUT2D eigenvalue weighted by atomic mass is 32.1. The first-order valence-electron chi connectivity index (χ1n) is 5.08. The van der Waals surface area contributed by atoms with Crippen molar-refractivity contribution in [1.29, 1.82) is 0 Å². The average molecular weight is 234 g/mol. The third-order valence-corrected chi connectivity index (χ3v) is 4.14. The Balaban J connectivity index is 2.05. The number of carbonyl (C=O) groups is 1. The molecule has 1 N–H and O–H groups in total. The summed E-state index contributed by atoms with van der Waals surface area (Å²) in [4.78, 5) is 12.5. The molecule has 0 aromatic carbocycles. The Morgan fingerprint density at radius 3 is 3.06 bits per heavy atom. The molecule has 4 heteroatoms. The van der Waals surface area contributed by atoms with Crippen molar-refractivity contribution in [3.05, 3.63) is 45.7 Å². The highest BCUT2D eigenvalue weighted by molar-refractivity contribution is 7.14. The summed E-state index contributed by atoms with van der Waals surface area (Å²) >= 11 is 1.36. The summed E-state index contributed by atoms with van der Waals surface area (Å²) in [6, 6.07) is 1.73. The summed E-state index contributed by atoms with van der Waals surface area (Å²) in [5, 5.41) is 8.97. The van der Waals surface area contributed by atoms with Gasteiger partial charge in [-0.1, -0.05) is 24.3 Å². The molecule has 1 aliphatic heterocycles. The molecule has 0 saturated carbocycles. The number of hydrogen-bond donors (Lipinski definition) is 1. The minimum Gasteiger partial charge on any atom is -0.477 e. The van der Waals surface area contributed by atoms with E-state index in [1.165, 1.54) is 11.3 Å². The maximum Gasteiger partial charge on any atom is 0.345 e. The van der Waals surface area contributed by atoms with Crippen molar-refractivity contribution in [2.24, 2.45) is 0 Å². The van der Waals surface area contributed by atoms with Crippen molar-refractivity contribution < 1.29 is 14.6 Å². The number of thiophene rings is 1. The van der Waals surface area contributed by atoms with Gasteiger partial charge in [-0.3, -0.25) is 0 Å². The van der Waals surface area contributed by atoms with Gasteiger partial charge in [-0.15, -0.1) is 11.3 Å². The van der Waals surface area contributed by atoms with Crippen molar-refractivity contribution in [2.75, 3.05) is 0 Å². The minimum atomic E-state index is -0.855. The molecule has 0 amide bonds. The molecule has 1 aromatic rings. The molecule has 82 valence electrons. The van der Waals surface area contributed by atoms with Crippen molar-refractivity contribution in [3.8, 4) is 0 Å². The van der Waals surface area contributed by atoms with E-state index in [4.69, 9.17) is 9.84 Å². The number of carboxylic acid groups (broad SMARTS) is 1. The largest absolute Gasteiger partial charge is 0.477 e. The van der Waals surface area contributed by atoms with Crippen molar-refractivity contribution in [3.63, 3.8) is 0 Å². The molecule has 0 fully saturated rings. The molecule has 1 aromatic heterocycles. The Morgan fingerprint density at radius 2 is 2.25 bits per heavy atom. The van der Waals surface area contributed by atoms with E-state index >= 15 is 0 Å². The molecule has 0 spiro atoms. The number of fused-ring (bicyclic) bond motifs is 3. The molecule has 2 unspecified atom stereocenters. The van der Waals surface area contributed by atoms with Crippen LogP contribution in [0, 0.1) is 0 Å². The Kier molecular flexibility index (Phi) is 2.19. The topological polar surface area (TPSA) is 46.5 Å². The first-order valence-corrected chi connectivity index (χ1v) is 5.90. The van der Waals surface area contributed by atoms with Crippen LogP contribution in [0.25, 0.3) is 0 Å². The molecule has 1 aliphatic carbocycles. The zero-order chi connectivity index (χ0) is 11.1. The summed E-state index contributed by atoms with van der Waals surface area (Å²) in [6.07, 6.45) is 8.12. The highest BCUT2D eigenvalue weighted by Crippen LogP contribution is 2.39. The van der Waals surface area contributed by atoms with Crippen molar-refractivity contribution in [2.45, 2.75) is 18.6 Å². The normalized spacial score (nSPS) is 26.2. The van der Waals surface area contributed by atoms with E-state index < -0.39 is 5.97 Å². The van der Waals surface area contributed by atoms with Crippen LogP contribution in [0.2, 0.25) is 0 Å². The number of ether oxygens (including phenoxy) is 1. The van der Waals surface area contributed by atoms with Crippen molar-refractivity contribution >= 4 is 17.3 Å². The standard InChI is InChI=1S/C12H10O3S/c13-12(14)10-5-7-6-15-9-4-2-1-3-8(9)11(7)16-10/h1-5,8-9H,6H2,(H,13,14). The molecule has 3 rings (SSSR count). The van der Waals surface area contributed by atoms with Gasteiger partial charge in [-0.05, 0) is 11.6 Å². The zero-order valence-electron chi connectivity index (χ0n) is 8.42. The van der Waals surface area contributed by atoms with Gasteiger partial charge in [0, 0.05) is 10.8 Å². The molecular weight excluding hydrogens is 224 g/mol. The summed E-state index contributed by atoms with van der Waals surface area (Å²) in [5.41, 5.74) is 1.02. The predicted octanol–water partition coefficient (Wildman–Crippen LogP) is 2.55. The van der Waals surface area contributed by atoms with Crippen LogP contribution in [0.3, 0.4) is 0 Å². The molecule has 2 aliphatic rings. The summed E-state index contributed by atoms with van der Waals surface area (Å²) in [6.45, 7) is 0.512. The SMILES string of the molecule is O=C(O)c1cc2c(s1)C1C=CC=CC1OC2. The molecule has 0 radical (unpaired) electrons. The summed E-state index contributed by atoms with van der Waals surface area (Å²) < 4.78 is 5.68. The summed E-state index contributed by atoms with van der Waals surface area (Å²) in [7, 11) is 0. The van der Waals surface area contributed by atoms with E-state index in [2.05, 4.69) is 6.08 Å². The first kappa shape index (κ1) is 9.81. The Hall–Kier alpha value is -1.39. The smallest absolute Gasteiger partial charge is 0.345 e. The zero-order valence-corrected chi connectivity index (χ0v) is 9.24. The van der Waals surface area contributed by atoms with E-state index in [1.807, 2.05) is 18.2 Å². The van der Waals surface area contributed by atoms with Gasteiger partial charge in [0.25, 0.3) is 0 Å². The van der Waals surface area contributed by atoms with Crippen LogP contribution in [-0.2, 0) is 11.3 Å². The lowest BCUT2D eigenvalue weighted by atomic mass is 9.91. The van der Waals surface area contributed by atoms with Gasteiger partial charge in [-0.25, -0.2) is 4.79 Å². The predicted molar refractivity (Wildman–Crippen MR) is 60.9 cm³/mol. The number of allylic oxidation sites excluding steroid dienone is 2. The van der Waals surface area contributed by atoms with Crippen LogP contribution >= 0.6 is 11.3 Å². The first-order chi connectivity index (χ1) is 7.75. The van der Waals surface area contributed by atoms with Crippen LogP contribution in [0.5, 0.6) is 0 Å². The molecule has 2 heterocycles. The average Bonchev–Trinajstić information content (AvgIpc) is 2.73.